The van der Waals surface area contributed by atoms with Crippen molar-refractivity contribution in [3.63, 3.8) is 0 Å². The molecular formula is C12H25. The van der Waals surface area contributed by atoms with Crippen LogP contribution >= 0.6 is 0 Å². The van der Waals surface area contributed by atoms with Crippen molar-refractivity contribution in [2.45, 2.75) is 53.9 Å². The van der Waals surface area contributed by atoms with E-state index in [-0.39, 0.29) is 5.41 Å². The fourth-order valence-electron chi connectivity index (χ4n) is 1.13. The molecule has 0 saturated carbocycles. The zero-order valence-electron chi connectivity index (χ0n) is 9.48. The van der Waals surface area contributed by atoms with E-state index >= 15 is 0 Å². The summed E-state index contributed by atoms with van der Waals surface area (Å²) in [6.07, 6.45) is 3.99. The van der Waals surface area contributed by atoms with E-state index in [1.54, 1.807) is 0 Å². The highest BCUT2D eigenvalue weighted by molar-refractivity contribution is 4.77. The fourth-order valence-corrected chi connectivity index (χ4v) is 1.13. The predicted octanol–water partition coefficient (Wildman–Crippen LogP) is 4.31. The van der Waals surface area contributed by atoms with Gasteiger partial charge in [0, 0.05) is 0 Å². The van der Waals surface area contributed by atoms with Crippen LogP contribution in [-0.2, 0) is 0 Å². The molecule has 0 heterocycles. The largest absolute Gasteiger partial charge is 0.0651 e. The lowest BCUT2D eigenvalue weighted by Gasteiger charge is -2.27. The Balaban J connectivity index is 3.64. The first-order valence-electron chi connectivity index (χ1n) is 5.23. The molecule has 0 saturated heterocycles. The van der Waals surface area contributed by atoms with Crippen LogP contribution < -0.4 is 0 Å². The summed E-state index contributed by atoms with van der Waals surface area (Å²) in [5, 5.41) is 0. The Morgan fingerprint density at radius 3 is 2.00 bits per heavy atom. The standard InChI is InChI=1S/C12H25/c1-7-10(2)8-9-11(3)12(4,5)6/h10-11H,4,7-9H2,1-3,5-6H3. The van der Waals surface area contributed by atoms with Gasteiger partial charge in [-0.2, -0.15) is 0 Å². The summed E-state index contributed by atoms with van der Waals surface area (Å²) in [6, 6.07) is 0. The molecule has 12 heavy (non-hydrogen) atoms. The maximum atomic E-state index is 4.17. The van der Waals surface area contributed by atoms with E-state index in [1.807, 2.05) is 0 Å². The van der Waals surface area contributed by atoms with Crippen LogP contribution in [0.5, 0.6) is 0 Å². The molecule has 0 aliphatic heterocycles. The molecule has 73 valence electrons. The average molecular weight is 169 g/mol. The van der Waals surface area contributed by atoms with Crippen LogP contribution in [-0.4, -0.2) is 0 Å². The molecule has 0 aliphatic carbocycles. The second kappa shape index (κ2) is 4.89. The first kappa shape index (κ1) is 12.0. The van der Waals surface area contributed by atoms with Crippen LogP contribution in [0.1, 0.15) is 53.9 Å². The molecule has 0 bridgehead atoms. The van der Waals surface area contributed by atoms with Crippen LogP contribution in [0.2, 0.25) is 0 Å². The van der Waals surface area contributed by atoms with Gasteiger partial charge in [0.15, 0.2) is 0 Å². The molecule has 0 nitrogen and oxygen atoms in total. The lowest BCUT2D eigenvalue weighted by molar-refractivity contribution is 0.265. The zero-order chi connectivity index (χ0) is 9.78. The predicted molar refractivity (Wildman–Crippen MR) is 57.0 cm³/mol. The van der Waals surface area contributed by atoms with Crippen molar-refractivity contribution in [1.29, 1.82) is 0 Å². The van der Waals surface area contributed by atoms with Gasteiger partial charge in [-0.15, -0.1) is 0 Å². The van der Waals surface area contributed by atoms with Gasteiger partial charge < -0.3 is 0 Å². The molecule has 2 unspecified atom stereocenters. The lowest BCUT2D eigenvalue weighted by atomic mass is 9.78. The van der Waals surface area contributed by atoms with E-state index in [4.69, 9.17) is 0 Å². The minimum absolute atomic E-state index is 0.244. The van der Waals surface area contributed by atoms with E-state index in [2.05, 4.69) is 41.5 Å². The quantitative estimate of drug-likeness (QED) is 0.575. The molecule has 0 spiro atoms. The van der Waals surface area contributed by atoms with Gasteiger partial charge in [0.1, 0.15) is 0 Å². The second-order valence-corrected chi connectivity index (χ2v) is 4.98. The minimum atomic E-state index is 0.244. The van der Waals surface area contributed by atoms with Crippen molar-refractivity contribution >= 4 is 0 Å². The van der Waals surface area contributed by atoms with Crippen LogP contribution in [0, 0.1) is 24.2 Å². The lowest BCUT2D eigenvalue weighted by Crippen LogP contribution is -2.18. The summed E-state index contributed by atoms with van der Waals surface area (Å²) in [6.45, 7) is 15.6. The molecular weight excluding hydrogens is 144 g/mol. The maximum absolute atomic E-state index is 4.17. The highest BCUT2D eigenvalue weighted by Gasteiger charge is 2.19. The summed E-state index contributed by atoms with van der Waals surface area (Å²) in [7, 11) is 0. The third kappa shape index (κ3) is 4.79. The number of hydrogen-bond acceptors (Lipinski definition) is 0. The Morgan fingerprint density at radius 1 is 1.17 bits per heavy atom. The third-order valence-electron chi connectivity index (χ3n) is 3.12. The molecule has 0 heteroatoms. The van der Waals surface area contributed by atoms with Crippen LogP contribution in [0.15, 0.2) is 0 Å². The Hall–Kier alpha value is 0. The van der Waals surface area contributed by atoms with Crippen molar-refractivity contribution in [1.82, 2.24) is 0 Å². The van der Waals surface area contributed by atoms with E-state index in [9.17, 15) is 0 Å². The molecule has 0 rings (SSSR count). The van der Waals surface area contributed by atoms with Crippen LogP contribution in [0.4, 0.5) is 0 Å². The van der Waals surface area contributed by atoms with Gasteiger partial charge in [0.2, 0.25) is 0 Å². The Labute approximate surface area is 78.8 Å². The summed E-state index contributed by atoms with van der Waals surface area (Å²) in [5.41, 5.74) is 0.244. The molecule has 0 aliphatic rings. The van der Waals surface area contributed by atoms with Crippen molar-refractivity contribution in [3.05, 3.63) is 6.92 Å². The smallest absolute Gasteiger partial charge is 0.0328 e. The molecule has 0 fully saturated rings. The Kier molecular flexibility index (Phi) is 4.89. The van der Waals surface area contributed by atoms with Crippen molar-refractivity contribution in [3.8, 4) is 0 Å². The summed E-state index contributed by atoms with van der Waals surface area (Å²) >= 11 is 0. The van der Waals surface area contributed by atoms with Crippen LogP contribution in [0.25, 0.3) is 0 Å². The second-order valence-electron chi connectivity index (χ2n) is 4.98. The first-order chi connectivity index (χ1) is 5.38. The van der Waals surface area contributed by atoms with Gasteiger partial charge in [0.25, 0.3) is 0 Å². The van der Waals surface area contributed by atoms with Gasteiger partial charge >= 0.3 is 0 Å². The maximum Gasteiger partial charge on any atom is -0.0328 e. The summed E-state index contributed by atoms with van der Waals surface area (Å²) < 4.78 is 0. The number of rotatable bonds is 5. The molecule has 0 aromatic carbocycles. The zero-order valence-corrected chi connectivity index (χ0v) is 9.48. The van der Waals surface area contributed by atoms with E-state index in [0.717, 1.165) is 11.8 Å². The van der Waals surface area contributed by atoms with Crippen molar-refractivity contribution < 1.29 is 0 Å². The molecule has 0 N–H and O–H groups in total. The van der Waals surface area contributed by atoms with E-state index in [0.29, 0.717) is 0 Å². The van der Waals surface area contributed by atoms with Gasteiger partial charge in [-0.1, -0.05) is 47.5 Å². The highest BCUT2D eigenvalue weighted by atomic mass is 14.2. The normalized spacial score (nSPS) is 17.5. The SMILES string of the molecule is [CH2]C(C)(C)C(C)CCC(C)CC. The van der Waals surface area contributed by atoms with Gasteiger partial charge in [-0.25, -0.2) is 0 Å². The van der Waals surface area contributed by atoms with Crippen molar-refractivity contribution in [2.24, 2.45) is 17.3 Å². The van der Waals surface area contributed by atoms with Crippen molar-refractivity contribution in [2.75, 3.05) is 0 Å². The van der Waals surface area contributed by atoms with E-state index in [1.165, 1.54) is 19.3 Å². The molecule has 0 aromatic rings. The fraction of sp³-hybridized carbons (Fsp3) is 0.917. The van der Waals surface area contributed by atoms with E-state index < -0.39 is 0 Å². The van der Waals surface area contributed by atoms with Gasteiger partial charge in [0.05, 0.1) is 0 Å². The monoisotopic (exact) mass is 169 g/mol. The summed E-state index contributed by atoms with van der Waals surface area (Å²) in [5.74, 6) is 1.63. The molecule has 1 radical (unpaired) electrons. The van der Waals surface area contributed by atoms with Gasteiger partial charge in [-0.05, 0) is 30.6 Å². The highest BCUT2D eigenvalue weighted by Crippen LogP contribution is 2.30. The number of hydrogen-bond donors (Lipinski definition) is 0. The summed E-state index contributed by atoms with van der Waals surface area (Å²) in [4.78, 5) is 0. The molecule has 0 aromatic heterocycles. The Morgan fingerprint density at radius 2 is 1.67 bits per heavy atom. The third-order valence-corrected chi connectivity index (χ3v) is 3.12. The Bertz CT molecular complexity index is 108. The van der Waals surface area contributed by atoms with Crippen LogP contribution in [0.3, 0.4) is 0 Å². The first-order valence-corrected chi connectivity index (χ1v) is 5.23. The minimum Gasteiger partial charge on any atom is -0.0651 e. The molecule has 0 amide bonds. The topological polar surface area (TPSA) is 0 Å². The average Bonchev–Trinajstić information content (AvgIpc) is 1.97. The molecule has 2 atom stereocenters. The van der Waals surface area contributed by atoms with Gasteiger partial charge in [-0.3, -0.25) is 0 Å².